The number of likely N-dealkylation sites (N-methyl/N-ethyl adjacent to an activating group) is 1. The first-order valence-electron chi connectivity index (χ1n) is 14.1. The zero-order valence-electron chi connectivity index (χ0n) is 23.7. The van der Waals surface area contributed by atoms with Gasteiger partial charge in [-0.1, -0.05) is 36.4 Å². The van der Waals surface area contributed by atoms with Crippen LogP contribution in [0.15, 0.2) is 84.0 Å². The number of carbonyl (C=O) groups is 2. The van der Waals surface area contributed by atoms with Gasteiger partial charge in [0.05, 0.1) is 41.2 Å². The number of fused-ring (bicyclic) bond motifs is 2. The Kier molecular flexibility index (Phi) is 7.60. The van der Waals surface area contributed by atoms with E-state index in [1.165, 1.54) is 0 Å². The van der Waals surface area contributed by atoms with Crippen LogP contribution in [0.25, 0.3) is 21.8 Å². The van der Waals surface area contributed by atoms with E-state index < -0.39 is 5.97 Å². The summed E-state index contributed by atoms with van der Waals surface area (Å²) in [6.07, 6.45) is 1.82. The van der Waals surface area contributed by atoms with Gasteiger partial charge in [0, 0.05) is 54.2 Å². The van der Waals surface area contributed by atoms with Gasteiger partial charge in [0.2, 0.25) is 5.91 Å². The van der Waals surface area contributed by atoms with E-state index in [0.717, 1.165) is 48.0 Å². The Balaban J connectivity index is 1.36. The van der Waals surface area contributed by atoms with Crippen molar-refractivity contribution in [2.75, 3.05) is 46.4 Å². The number of benzene rings is 3. The molecule has 0 saturated carbocycles. The topological polar surface area (TPSA) is 103 Å². The standard InChI is InChI=1S/C33H33N5O4/c1-3-42-33(41)24-9-11-26-27(20-24)35-32(40)30(26)31(22-7-5-4-6-8-22)34-25-10-12-28-23(19-25)13-14-38(28)29(39)21-37-17-15-36(2)16-18-37/h4-14,19-20,35,40H,3,15-18,21H2,1-2H3. The van der Waals surface area contributed by atoms with Crippen LogP contribution in [0, 0.1) is 0 Å². The van der Waals surface area contributed by atoms with E-state index in [1.807, 2.05) is 60.8 Å². The van der Waals surface area contributed by atoms with E-state index in [-0.39, 0.29) is 18.4 Å². The number of nitrogens with zero attached hydrogens (tertiary/aromatic N) is 4. The highest BCUT2D eigenvalue weighted by atomic mass is 16.5. The summed E-state index contributed by atoms with van der Waals surface area (Å²) in [5.41, 5.74) is 4.44. The zero-order valence-corrected chi connectivity index (χ0v) is 23.7. The lowest BCUT2D eigenvalue weighted by molar-refractivity contribution is 0.0526. The summed E-state index contributed by atoms with van der Waals surface area (Å²) >= 11 is 0. The third kappa shape index (κ3) is 5.44. The molecule has 3 heterocycles. The van der Waals surface area contributed by atoms with E-state index in [0.29, 0.717) is 34.6 Å². The van der Waals surface area contributed by atoms with Crippen LogP contribution in [-0.4, -0.2) is 88.4 Å². The number of esters is 1. The van der Waals surface area contributed by atoms with Crippen LogP contribution in [0.1, 0.15) is 33.2 Å². The highest BCUT2D eigenvalue weighted by Gasteiger charge is 2.21. The number of ether oxygens (including phenoxy) is 1. The number of rotatable bonds is 7. The molecule has 5 aromatic rings. The maximum atomic E-state index is 13.2. The molecule has 9 nitrogen and oxygen atoms in total. The Bertz CT molecular complexity index is 1800. The number of aliphatic imine (C=N–C) groups is 1. The molecule has 0 aliphatic carbocycles. The van der Waals surface area contributed by atoms with Crippen molar-refractivity contribution in [1.29, 1.82) is 0 Å². The van der Waals surface area contributed by atoms with Crippen molar-refractivity contribution in [3.05, 3.63) is 95.7 Å². The maximum absolute atomic E-state index is 13.2. The molecular weight excluding hydrogens is 530 g/mol. The average Bonchev–Trinajstić information content (AvgIpc) is 3.57. The SMILES string of the molecule is CCOC(=O)c1ccc2c(C(=Nc3ccc4c(ccn4C(=O)CN4CCN(C)CC4)c3)c3ccccc3)c(O)[nH]c2c1. The molecule has 2 N–H and O–H groups in total. The molecule has 1 aliphatic rings. The summed E-state index contributed by atoms with van der Waals surface area (Å²) < 4.78 is 6.85. The van der Waals surface area contributed by atoms with Crippen molar-refractivity contribution in [2.24, 2.45) is 4.99 Å². The fourth-order valence-electron chi connectivity index (χ4n) is 5.44. The minimum absolute atomic E-state index is 0.0432. The number of H-pyrrole nitrogens is 1. The first-order chi connectivity index (χ1) is 20.4. The van der Waals surface area contributed by atoms with Crippen LogP contribution in [0.4, 0.5) is 5.69 Å². The minimum Gasteiger partial charge on any atom is -0.494 e. The fourth-order valence-corrected chi connectivity index (χ4v) is 5.44. The summed E-state index contributed by atoms with van der Waals surface area (Å²) in [5, 5.41) is 12.7. The quantitative estimate of drug-likeness (QED) is 0.212. The lowest BCUT2D eigenvalue weighted by Crippen LogP contribution is -2.46. The minimum atomic E-state index is -0.422. The van der Waals surface area contributed by atoms with Crippen molar-refractivity contribution in [1.82, 2.24) is 19.4 Å². The lowest BCUT2D eigenvalue weighted by atomic mass is 10.00. The lowest BCUT2D eigenvalue weighted by Gasteiger charge is -2.31. The van der Waals surface area contributed by atoms with Gasteiger partial charge in [0.25, 0.3) is 0 Å². The van der Waals surface area contributed by atoms with Gasteiger partial charge in [-0.05, 0) is 50.4 Å². The van der Waals surface area contributed by atoms with Gasteiger partial charge in [-0.2, -0.15) is 0 Å². The molecule has 3 aromatic carbocycles. The van der Waals surface area contributed by atoms with Crippen molar-refractivity contribution >= 4 is 45.1 Å². The molecule has 1 saturated heterocycles. The summed E-state index contributed by atoms with van der Waals surface area (Å²) in [7, 11) is 2.10. The Morgan fingerprint density at radius 2 is 1.74 bits per heavy atom. The number of nitrogens with one attached hydrogen (secondary N) is 1. The smallest absolute Gasteiger partial charge is 0.338 e. The van der Waals surface area contributed by atoms with Gasteiger partial charge in [-0.3, -0.25) is 14.3 Å². The normalized spacial score (nSPS) is 15.0. The van der Waals surface area contributed by atoms with Gasteiger partial charge in [-0.25, -0.2) is 9.79 Å². The number of carbonyl (C=O) groups excluding carboxylic acids is 2. The van der Waals surface area contributed by atoms with Gasteiger partial charge in [0.15, 0.2) is 5.88 Å². The number of aromatic amines is 1. The van der Waals surface area contributed by atoms with Crippen molar-refractivity contribution < 1.29 is 19.4 Å². The molecule has 1 aliphatic heterocycles. The van der Waals surface area contributed by atoms with Crippen LogP contribution in [-0.2, 0) is 4.74 Å². The second-order valence-electron chi connectivity index (χ2n) is 10.6. The molecule has 214 valence electrons. The molecule has 0 radical (unpaired) electrons. The van der Waals surface area contributed by atoms with Crippen molar-refractivity contribution in [3.63, 3.8) is 0 Å². The van der Waals surface area contributed by atoms with Crippen LogP contribution in [0.3, 0.4) is 0 Å². The molecule has 42 heavy (non-hydrogen) atoms. The highest BCUT2D eigenvalue weighted by Crippen LogP contribution is 2.33. The van der Waals surface area contributed by atoms with Crippen molar-refractivity contribution in [2.45, 2.75) is 6.92 Å². The molecule has 0 atom stereocenters. The molecule has 9 heteroatoms. The van der Waals surface area contributed by atoms with Gasteiger partial charge in [0.1, 0.15) is 0 Å². The third-order valence-electron chi connectivity index (χ3n) is 7.71. The van der Waals surface area contributed by atoms with Crippen LogP contribution in [0.2, 0.25) is 0 Å². The fraction of sp³-hybridized carbons (Fsp3) is 0.242. The first kappa shape index (κ1) is 27.4. The van der Waals surface area contributed by atoms with Crippen LogP contribution in [0.5, 0.6) is 5.88 Å². The molecule has 2 aromatic heterocycles. The number of aromatic hydroxyl groups is 1. The molecule has 0 bridgehead atoms. The summed E-state index contributed by atoms with van der Waals surface area (Å²) in [6, 6.07) is 22.5. The number of hydrogen-bond donors (Lipinski definition) is 2. The van der Waals surface area contributed by atoms with E-state index in [4.69, 9.17) is 9.73 Å². The maximum Gasteiger partial charge on any atom is 0.338 e. The third-order valence-corrected chi connectivity index (χ3v) is 7.71. The molecule has 0 amide bonds. The van der Waals surface area contributed by atoms with E-state index in [9.17, 15) is 14.7 Å². The Morgan fingerprint density at radius 1 is 0.952 bits per heavy atom. The Hall–Kier alpha value is -4.73. The number of piperazine rings is 1. The van der Waals surface area contributed by atoms with E-state index >= 15 is 0 Å². The van der Waals surface area contributed by atoms with E-state index in [1.54, 1.807) is 29.7 Å². The summed E-state index contributed by atoms with van der Waals surface area (Å²) in [4.78, 5) is 37.9. The Labute approximate surface area is 243 Å². The molecular formula is C33H33N5O4. The monoisotopic (exact) mass is 563 g/mol. The van der Waals surface area contributed by atoms with Gasteiger partial charge < -0.3 is 19.7 Å². The zero-order chi connectivity index (χ0) is 29.2. The first-order valence-corrected chi connectivity index (χ1v) is 14.1. The second kappa shape index (κ2) is 11.6. The van der Waals surface area contributed by atoms with Crippen molar-refractivity contribution in [3.8, 4) is 5.88 Å². The average molecular weight is 564 g/mol. The molecule has 6 rings (SSSR count). The molecule has 1 fully saturated rings. The number of aromatic nitrogens is 2. The van der Waals surface area contributed by atoms with Gasteiger partial charge in [-0.15, -0.1) is 0 Å². The summed E-state index contributed by atoms with van der Waals surface area (Å²) in [6.45, 7) is 6.11. The molecule has 0 spiro atoms. The predicted octanol–water partition coefficient (Wildman–Crippen LogP) is 5.06. The van der Waals surface area contributed by atoms with Gasteiger partial charge >= 0.3 is 5.97 Å². The highest BCUT2D eigenvalue weighted by molar-refractivity contribution is 6.22. The molecule has 0 unspecified atom stereocenters. The Morgan fingerprint density at radius 3 is 2.50 bits per heavy atom. The second-order valence-corrected chi connectivity index (χ2v) is 10.6. The largest absolute Gasteiger partial charge is 0.494 e. The summed E-state index contributed by atoms with van der Waals surface area (Å²) in [5.74, 6) is -0.425. The predicted molar refractivity (Wildman–Crippen MR) is 164 cm³/mol. The number of hydrogen-bond acceptors (Lipinski definition) is 7. The van der Waals surface area contributed by atoms with E-state index in [2.05, 4.69) is 21.8 Å². The van der Waals surface area contributed by atoms with Crippen LogP contribution < -0.4 is 0 Å². The van der Waals surface area contributed by atoms with Crippen LogP contribution >= 0.6 is 0 Å².